The maximum atomic E-state index is 4.14. The summed E-state index contributed by atoms with van der Waals surface area (Å²) in [4.78, 5) is 4.14. The van der Waals surface area contributed by atoms with Gasteiger partial charge in [0.2, 0.25) is 0 Å². The van der Waals surface area contributed by atoms with E-state index in [4.69, 9.17) is 0 Å². The summed E-state index contributed by atoms with van der Waals surface area (Å²) < 4.78 is 0. The maximum absolute atomic E-state index is 4.14. The van der Waals surface area contributed by atoms with Crippen LogP contribution in [0.25, 0.3) is 0 Å². The summed E-state index contributed by atoms with van der Waals surface area (Å²) >= 11 is 0. The van der Waals surface area contributed by atoms with Crippen molar-refractivity contribution < 1.29 is 0 Å². The molecule has 0 aliphatic carbocycles. The van der Waals surface area contributed by atoms with Gasteiger partial charge in [0.05, 0.1) is 6.21 Å². The molecule has 0 aromatic carbocycles. The van der Waals surface area contributed by atoms with Gasteiger partial charge in [0.25, 0.3) is 0 Å². The SMILES string of the molecule is CCCCN=CC=NNCCC. The maximum Gasteiger partial charge on any atom is 0.0646 e. The second kappa shape index (κ2) is 10.1. The molecular weight excluding hydrogens is 150 g/mol. The number of hydrogen-bond acceptors (Lipinski definition) is 3. The average molecular weight is 169 g/mol. The molecule has 0 amide bonds. The molecule has 0 aromatic heterocycles. The number of unbranched alkanes of at least 4 members (excludes halogenated alkanes) is 1. The number of nitrogens with one attached hydrogen (secondary N) is 1. The van der Waals surface area contributed by atoms with Crippen molar-refractivity contribution in [1.29, 1.82) is 0 Å². The van der Waals surface area contributed by atoms with Crippen LogP contribution in [0, 0.1) is 0 Å². The summed E-state index contributed by atoms with van der Waals surface area (Å²) in [6.07, 6.45) is 6.91. The molecule has 0 aliphatic heterocycles. The first-order chi connectivity index (χ1) is 5.91. The van der Waals surface area contributed by atoms with E-state index < -0.39 is 0 Å². The van der Waals surface area contributed by atoms with Crippen LogP contribution in [0.5, 0.6) is 0 Å². The number of aliphatic imine (C=N–C) groups is 1. The van der Waals surface area contributed by atoms with Crippen molar-refractivity contribution in [2.45, 2.75) is 33.1 Å². The number of hydrazone groups is 1. The molecule has 0 radical (unpaired) electrons. The van der Waals surface area contributed by atoms with Crippen molar-refractivity contribution in [1.82, 2.24) is 5.43 Å². The van der Waals surface area contributed by atoms with Crippen molar-refractivity contribution in [2.75, 3.05) is 13.1 Å². The lowest BCUT2D eigenvalue weighted by atomic mass is 10.3. The van der Waals surface area contributed by atoms with Gasteiger partial charge in [-0.25, -0.2) is 0 Å². The first kappa shape index (κ1) is 11.1. The van der Waals surface area contributed by atoms with Gasteiger partial charge in [-0.15, -0.1) is 0 Å². The van der Waals surface area contributed by atoms with Gasteiger partial charge in [-0.05, 0) is 12.8 Å². The largest absolute Gasteiger partial charge is 0.310 e. The number of rotatable bonds is 7. The molecule has 1 N–H and O–H groups in total. The Hall–Kier alpha value is -0.860. The van der Waals surface area contributed by atoms with Gasteiger partial charge in [0.1, 0.15) is 0 Å². The summed E-state index contributed by atoms with van der Waals surface area (Å²) in [6, 6.07) is 0. The normalized spacial score (nSPS) is 11.5. The van der Waals surface area contributed by atoms with Crippen molar-refractivity contribution in [2.24, 2.45) is 10.1 Å². The second-order valence-electron chi connectivity index (χ2n) is 2.60. The smallest absolute Gasteiger partial charge is 0.0646 e. The lowest BCUT2D eigenvalue weighted by Crippen LogP contribution is -2.05. The van der Waals surface area contributed by atoms with Crippen LogP contribution in [0.15, 0.2) is 10.1 Å². The van der Waals surface area contributed by atoms with E-state index in [-0.39, 0.29) is 0 Å². The van der Waals surface area contributed by atoms with E-state index in [2.05, 4.69) is 29.4 Å². The molecule has 3 nitrogen and oxygen atoms in total. The van der Waals surface area contributed by atoms with Gasteiger partial charge in [-0.1, -0.05) is 20.3 Å². The van der Waals surface area contributed by atoms with Crippen LogP contribution in [0.2, 0.25) is 0 Å². The molecule has 0 atom stereocenters. The second-order valence-corrected chi connectivity index (χ2v) is 2.60. The molecule has 70 valence electrons. The summed E-state index contributed by atoms with van der Waals surface area (Å²) in [5.74, 6) is 0. The minimum Gasteiger partial charge on any atom is -0.310 e. The highest BCUT2D eigenvalue weighted by Crippen LogP contribution is 1.84. The van der Waals surface area contributed by atoms with Gasteiger partial charge in [0.15, 0.2) is 0 Å². The van der Waals surface area contributed by atoms with E-state index >= 15 is 0 Å². The standard InChI is InChI=1S/C9H19N3/c1-3-5-7-10-8-9-12-11-6-4-2/h8-9,11H,3-7H2,1-2H3. The Morgan fingerprint density at radius 1 is 1.17 bits per heavy atom. The fourth-order valence-corrected chi connectivity index (χ4v) is 0.633. The molecule has 0 heterocycles. The third kappa shape index (κ3) is 9.14. The van der Waals surface area contributed by atoms with Crippen molar-refractivity contribution in [3.8, 4) is 0 Å². The summed E-state index contributed by atoms with van der Waals surface area (Å²) in [5, 5.41) is 3.93. The molecule has 0 saturated carbocycles. The van der Waals surface area contributed by atoms with E-state index in [1.807, 2.05) is 0 Å². The molecule has 0 unspecified atom stereocenters. The van der Waals surface area contributed by atoms with Crippen LogP contribution >= 0.6 is 0 Å². The lowest BCUT2D eigenvalue weighted by molar-refractivity contribution is 0.720. The van der Waals surface area contributed by atoms with Crippen LogP contribution < -0.4 is 5.43 Å². The highest BCUT2D eigenvalue weighted by molar-refractivity contribution is 6.15. The van der Waals surface area contributed by atoms with Crippen LogP contribution in [0.4, 0.5) is 0 Å². The quantitative estimate of drug-likeness (QED) is 0.352. The van der Waals surface area contributed by atoms with Crippen LogP contribution in [-0.2, 0) is 0 Å². The van der Waals surface area contributed by atoms with E-state index in [1.54, 1.807) is 12.4 Å². The first-order valence-electron chi connectivity index (χ1n) is 4.66. The van der Waals surface area contributed by atoms with Crippen LogP contribution in [-0.4, -0.2) is 25.5 Å². The molecule has 0 rings (SSSR count). The third-order valence-corrected chi connectivity index (χ3v) is 1.34. The van der Waals surface area contributed by atoms with E-state index in [0.29, 0.717) is 0 Å². The van der Waals surface area contributed by atoms with Gasteiger partial charge < -0.3 is 5.43 Å². The zero-order valence-corrected chi connectivity index (χ0v) is 8.08. The van der Waals surface area contributed by atoms with E-state index in [9.17, 15) is 0 Å². The Morgan fingerprint density at radius 3 is 2.67 bits per heavy atom. The molecule has 12 heavy (non-hydrogen) atoms. The fourth-order valence-electron chi connectivity index (χ4n) is 0.633. The molecule has 0 bridgehead atoms. The van der Waals surface area contributed by atoms with Crippen molar-refractivity contribution in [3.05, 3.63) is 0 Å². The minimum atomic E-state index is 0.913. The third-order valence-electron chi connectivity index (χ3n) is 1.34. The van der Waals surface area contributed by atoms with Crippen LogP contribution in [0.3, 0.4) is 0 Å². The topological polar surface area (TPSA) is 36.8 Å². The number of hydrogen-bond donors (Lipinski definition) is 1. The summed E-state index contributed by atoms with van der Waals surface area (Å²) in [7, 11) is 0. The zero-order valence-electron chi connectivity index (χ0n) is 8.08. The van der Waals surface area contributed by atoms with E-state index in [0.717, 1.165) is 25.9 Å². The first-order valence-corrected chi connectivity index (χ1v) is 4.66. The molecule has 3 heteroatoms. The van der Waals surface area contributed by atoms with Gasteiger partial charge in [-0.2, -0.15) is 5.10 Å². The highest BCUT2D eigenvalue weighted by atomic mass is 15.3. The monoisotopic (exact) mass is 169 g/mol. The number of nitrogens with zero attached hydrogens (tertiary/aromatic N) is 2. The van der Waals surface area contributed by atoms with Crippen LogP contribution in [0.1, 0.15) is 33.1 Å². The Kier molecular flexibility index (Phi) is 9.41. The van der Waals surface area contributed by atoms with Crippen molar-refractivity contribution >= 4 is 12.4 Å². The fraction of sp³-hybridized carbons (Fsp3) is 0.778. The highest BCUT2D eigenvalue weighted by Gasteiger charge is 1.76. The molecule has 0 spiro atoms. The van der Waals surface area contributed by atoms with Gasteiger partial charge >= 0.3 is 0 Å². The molecule has 0 saturated heterocycles. The lowest BCUT2D eigenvalue weighted by Gasteiger charge is -1.91. The predicted octanol–water partition coefficient (Wildman–Crippen LogP) is 1.84. The molecule has 0 aliphatic rings. The Labute approximate surface area is 75.0 Å². The predicted molar refractivity (Wildman–Crippen MR) is 55.1 cm³/mol. The average Bonchev–Trinajstić information content (AvgIpc) is 2.10. The molecule has 0 aromatic rings. The van der Waals surface area contributed by atoms with Gasteiger partial charge in [0, 0.05) is 19.3 Å². The summed E-state index contributed by atoms with van der Waals surface area (Å²) in [5.41, 5.74) is 2.90. The molecule has 0 fully saturated rings. The zero-order chi connectivity index (χ0) is 9.07. The minimum absolute atomic E-state index is 0.913. The van der Waals surface area contributed by atoms with E-state index in [1.165, 1.54) is 6.42 Å². The van der Waals surface area contributed by atoms with Gasteiger partial charge in [-0.3, -0.25) is 4.99 Å². The molecular formula is C9H19N3. The Balaban J connectivity index is 3.15. The van der Waals surface area contributed by atoms with Crippen molar-refractivity contribution in [3.63, 3.8) is 0 Å². The Morgan fingerprint density at radius 2 is 2.00 bits per heavy atom. The summed E-state index contributed by atoms with van der Waals surface area (Å²) in [6.45, 7) is 6.11. The Bertz CT molecular complexity index is 114.